The Morgan fingerprint density at radius 3 is 2.17 bits per heavy atom. The summed E-state index contributed by atoms with van der Waals surface area (Å²) in [6, 6.07) is 4.94. The molecule has 0 atom stereocenters. The Labute approximate surface area is 127 Å². The second kappa shape index (κ2) is 6.80. The van der Waals surface area contributed by atoms with E-state index in [4.69, 9.17) is 8.83 Å². The summed E-state index contributed by atoms with van der Waals surface area (Å²) in [4.78, 5) is 30.8. The van der Waals surface area contributed by atoms with E-state index in [9.17, 15) is 25.0 Å². The smallest absolute Gasteiger partial charge is 0.401 e. The van der Waals surface area contributed by atoms with Gasteiger partial charge in [-0.05, 0) is 18.2 Å². The fourth-order valence-corrected chi connectivity index (χ4v) is 1.39. The highest BCUT2D eigenvalue weighted by Gasteiger charge is 2.11. The van der Waals surface area contributed by atoms with Gasteiger partial charge in [0, 0.05) is 6.08 Å². The van der Waals surface area contributed by atoms with E-state index in [1.165, 1.54) is 18.2 Å². The zero-order valence-electron chi connectivity index (χ0n) is 11.2. The van der Waals surface area contributed by atoms with Gasteiger partial charge in [-0.25, -0.2) is 5.43 Å². The fourth-order valence-electron chi connectivity index (χ4n) is 1.39. The third kappa shape index (κ3) is 4.35. The van der Waals surface area contributed by atoms with Crippen molar-refractivity contribution in [2.24, 2.45) is 5.10 Å². The summed E-state index contributed by atoms with van der Waals surface area (Å²) in [7, 11) is 0. The molecular weight excluding hydrogens is 312 g/mol. The van der Waals surface area contributed by atoms with Gasteiger partial charge in [0.05, 0.1) is 18.3 Å². The Hall–Kier alpha value is -3.76. The summed E-state index contributed by atoms with van der Waals surface area (Å²) in [6.45, 7) is 0. The number of rotatable bonds is 6. The summed E-state index contributed by atoms with van der Waals surface area (Å²) in [5.74, 6) is -1.32. The summed E-state index contributed by atoms with van der Waals surface area (Å²) in [5, 5.41) is 24.3. The SMILES string of the molecule is O=C(/C=C/c1ccc([N+](=O)[O-])o1)N/N=C\c1ccc([N+](=O)[O-])o1. The molecule has 2 aromatic rings. The van der Waals surface area contributed by atoms with Crippen molar-refractivity contribution in [3.63, 3.8) is 0 Å². The van der Waals surface area contributed by atoms with Gasteiger partial charge in [-0.2, -0.15) is 5.10 Å². The molecule has 0 aliphatic heterocycles. The van der Waals surface area contributed by atoms with Crippen LogP contribution in [0.1, 0.15) is 11.5 Å². The Kier molecular flexibility index (Phi) is 4.62. The average Bonchev–Trinajstić information content (AvgIpc) is 3.14. The lowest BCUT2D eigenvalue weighted by atomic mass is 10.4. The first-order chi connectivity index (χ1) is 11.0. The van der Waals surface area contributed by atoms with Gasteiger partial charge in [-0.15, -0.1) is 0 Å². The van der Waals surface area contributed by atoms with Crippen LogP contribution in [0.25, 0.3) is 6.08 Å². The third-order valence-electron chi connectivity index (χ3n) is 2.35. The van der Waals surface area contributed by atoms with Crippen LogP contribution in [0.15, 0.2) is 44.3 Å². The molecule has 2 rings (SSSR count). The van der Waals surface area contributed by atoms with Crippen LogP contribution in [0.2, 0.25) is 0 Å². The van der Waals surface area contributed by atoms with Crippen molar-refractivity contribution in [3.8, 4) is 0 Å². The highest BCUT2D eigenvalue weighted by atomic mass is 16.7. The van der Waals surface area contributed by atoms with E-state index in [1.807, 2.05) is 0 Å². The van der Waals surface area contributed by atoms with E-state index in [1.54, 1.807) is 0 Å². The van der Waals surface area contributed by atoms with Crippen LogP contribution in [0.3, 0.4) is 0 Å². The summed E-state index contributed by atoms with van der Waals surface area (Å²) in [5.41, 5.74) is 2.11. The molecule has 0 saturated heterocycles. The van der Waals surface area contributed by atoms with E-state index in [0.717, 1.165) is 24.4 Å². The highest BCUT2D eigenvalue weighted by molar-refractivity contribution is 5.92. The Morgan fingerprint density at radius 1 is 1.04 bits per heavy atom. The lowest BCUT2D eigenvalue weighted by Crippen LogP contribution is -2.13. The molecule has 0 bridgehead atoms. The standard InChI is InChI=1S/C12H8N4O7/c17-10(4-1-8-2-5-11(22-8)15(18)19)14-13-7-9-3-6-12(23-9)16(20)21/h1-7H,(H,14,17)/b4-1+,13-7-. The minimum atomic E-state index is -0.707. The van der Waals surface area contributed by atoms with Gasteiger partial charge in [-0.3, -0.25) is 25.0 Å². The molecule has 0 saturated carbocycles. The minimum Gasteiger partial charge on any atom is -0.401 e. The number of carbonyl (C=O) groups excluding carboxylic acids is 1. The van der Waals surface area contributed by atoms with Crippen LogP contribution in [0.4, 0.5) is 11.8 Å². The summed E-state index contributed by atoms with van der Waals surface area (Å²) in [6.07, 6.45) is 3.34. The number of amides is 1. The third-order valence-corrected chi connectivity index (χ3v) is 2.35. The molecule has 0 radical (unpaired) electrons. The number of hydrogen-bond donors (Lipinski definition) is 1. The van der Waals surface area contributed by atoms with Crippen molar-refractivity contribution < 1.29 is 23.5 Å². The fraction of sp³-hybridized carbons (Fsp3) is 0. The first-order valence-corrected chi connectivity index (χ1v) is 5.95. The molecule has 23 heavy (non-hydrogen) atoms. The molecule has 0 spiro atoms. The number of nitro groups is 2. The van der Waals surface area contributed by atoms with Gasteiger partial charge in [0.25, 0.3) is 5.91 Å². The van der Waals surface area contributed by atoms with Crippen molar-refractivity contribution in [2.75, 3.05) is 0 Å². The van der Waals surface area contributed by atoms with E-state index >= 15 is 0 Å². The number of furan rings is 2. The van der Waals surface area contributed by atoms with E-state index < -0.39 is 27.5 Å². The first-order valence-electron chi connectivity index (χ1n) is 5.95. The van der Waals surface area contributed by atoms with E-state index in [-0.39, 0.29) is 11.5 Å². The average molecular weight is 320 g/mol. The van der Waals surface area contributed by atoms with Gasteiger partial charge in [0.1, 0.15) is 15.6 Å². The van der Waals surface area contributed by atoms with Crippen LogP contribution in [0.5, 0.6) is 0 Å². The lowest BCUT2D eigenvalue weighted by Gasteiger charge is -1.91. The van der Waals surface area contributed by atoms with Crippen molar-refractivity contribution in [3.05, 3.63) is 62.1 Å². The first kappa shape index (κ1) is 15.6. The summed E-state index contributed by atoms with van der Waals surface area (Å²) < 4.78 is 9.60. The Morgan fingerprint density at radius 2 is 1.61 bits per heavy atom. The molecular formula is C12H8N4O7. The molecule has 0 aliphatic rings. The number of nitrogens with zero attached hydrogens (tertiary/aromatic N) is 3. The number of nitrogens with one attached hydrogen (secondary N) is 1. The maximum absolute atomic E-state index is 11.4. The van der Waals surface area contributed by atoms with Crippen molar-refractivity contribution >= 4 is 30.0 Å². The van der Waals surface area contributed by atoms with Gasteiger partial charge in [-0.1, -0.05) is 0 Å². The molecule has 0 unspecified atom stereocenters. The van der Waals surface area contributed by atoms with Gasteiger partial charge < -0.3 is 8.83 Å². The van der Waals surface area contributed by atoms with E-state index in [2.05, 4.69) is 10.5 Å². The second-order valence-corrected chi connectivity index (χ2v) is 3.93. The van der Waals surface area contributed by atoms with E-state index in [0.29, 0.717) is 0 Å². The van der Waals surface area contributed by atoms with Crippen LogP contribution in [-0.4, -0.2) is 22.0 Å². The molecule has 0 aromatic carbocycles. The van der Waals surface area contributed by atoms with Gasteiger partial charge in [0.15, 0.2) is 5.76 Å². The topological polar surface area (TPSA) is 154 Å². The minimum absolute atomic E-state index is 0.0858. The van der Waals surface area contributed by atoms with Crippen LogP contribution in [0, 0.1) is 20.2 Å². The van der Waals surface area contributed by atoms with Crippen LogP contribution >= 0.6 is 0 Å². The highest BCUT2D eigenvalue weighted by Crippen LogP contribution is 2.16. The van der Waals surface area contributed by atoms with Gasteiger partial charge in [0.2, 0.25) is 0 Å². The normalized spacial score (nSPS) is 11.1. The quantitative estimate of drug-likeness (QED) is 0.368. The monoisotopic (exact) mass is 320 g/mol. The number of hydrazone groups is 1. The molecule has 11 heteroatoms. The maximum atomic E-state index is 11.4. The number of hydrogen-bond acceptors (Lipinski definition) is 8. The van der Waals surface area contributed by atoms with Crippen molar-refractivity contribution in [2.45, 2.75) is 0 Å². The molecule has 11 nitrogen and oxygen atoms in total. The van der Waals surface area contributed by atoms with Crippen molar-refractivity contribution in [1.82, 2.24) is 5.43 Å². The zero-order chi connectivity index (χ0) is 16.8. The molecule has 2 heterocycles. The molecule has 0 fully saturated rings. The number of carbonyl (C=O) groups is 1. The second-order valence-electron chi connectivity index (χ2n) is 3.93. The Balaban J connectivity index is 1.88. The largest absolute Gasteiger partial charge is 0.433 e. The molecule has 118 valence electrons. The lowest BCUT2D eigenvalue weighted by molar-refractivity contribution is -0.402. The molecule has 1 N–H and O–H groups in total. The van der Waals surface area contributed by atoms with Gasteiger partial charge >= 0.3 is 11.8 Å². The zero-order valence-corrected chi connectivity index (χ0v) is 11.2. The molecule has 1 amide bonds. The Bertz CT molecular complexity index is 802. The molecule has 0 aliphatic carbocycles. The maximum Gasteiger partial charge on any atom is 0.433 e. The summed E-state index contributed by atoms with van der Waals surface area (Å²) >= 11 is 0. The van der Waals surface area contributed by atoms with Crippen LogP contribution < -0.4 is 5.43 Å². The van der Waals surface area contributed by atoms with Crippen LogP contribution in [-0.2, 0) is 4.79 Å². The molecule has 2 aromatic heterocycles. The predicted molar refractivity (Wildman–Crippen MR) is 75.5 cm³/mol. The predicted octanol–water partition coefficient (Wildman–Crippen LogP) is 1.85. The van der Waals surface area contributed by atoms with Crippen molar-refractivity contribution in [1.29, 1.82) is 0 Å².